The molecule has 2 rings (SSSR count). The number of anilines is 2. The molecule has 6 heteroatoms. The summed E-state index contributed by atoms with van der Waals surface area (Å²) in [5.41, 5.74) is 2.05. The van der Waals surface area contributed by atoms with Gasteiger partial charge in [0.05, 0.1) is 23.8 Å². The number of methoxy groups -OCH3 is 1. The van der Waals surface area contributed by atoms with Crippen LogP contribution in [0.3, 0.4) is 0 Å². The molecular weight excluding hydrogens is 306 g/mol. The highest BCUT2D eigenvalue weighted by molar-refractivity contribution is 7.80. The number of rotatable bonds is 3. The zero-order valence-electron chi connectivity index (χ0n) is 11.2. The number of nitriles is 1. The van der Waals surface area contributed by atoms with Gasteiger partial charge >= 0.3 is 0 Å². The van der Waals surface area contributed by atoms with Crippen LogP contribution in [0.1, 0.15) is 5.56 Å². The molecule has 0 heterocycles. The Morgan fingerprint density at radius 2 is 1.90 bits per heavy atom. The molecule has 0 aliphatic rings. The Labute approximate surface area is 133 Å². The second-order valence-electron chi connectivity index (χ2n) is 4.12. The van der Waals surface area contributed by atoms with Crippen LogP contribution in [0.25, 0.3) is 0 Å². The smallest absolute Gasteiger partial charge is 0.175 e. The first kappa shape index (κ1) is 15.1. The fourth-order valence-corrected chi connectivity index (χ4v) is 2.20. The van der Waals surface area contributed by atoms with Crippen LogP contribution in [0, 0.1) is 11.3 Å². The maximum atomic E-state index is 8.86. The number of nitrogens with one attached hydrogen (secondary N) is 2. The van der Waals surface area contributed by atoms with E-state index in [1.165, 1.54) is 0 Å². The Balaban J connectivity index is 2.04. The number of halogens is 1. The average Bonchev–Trinajstić information content (AvgIpc) is 2.47. The van der Waals surface area contributed by atoms with E-state index in [9.17, 15) is 0 Å². The van der Waals surface area contributed by atoms with Crippen LogP contribution in [-0.2, 0) is 0 Å². The number of benzene rings is 2. The van der Waals surface area contributed by atoms with Crippen molar-refractivity contribution in [1.29, 1.82) is 5.26 Å². The molecule has 0 spiro atoms. The van der Waals surface area contributed by atoms with E-state index in [0.717, 1.165) is 11.4 Å². The van der Waals surface area contributed by atoms with Gasteiger partial charge in [-0.15, -0.1) is 0 Å². The van der Waals surface area contributed by atoms with Gasteiger partial charge in [0, 0.05) is 11.4 Å². The number of hydrogen-bond donors (Lipinski definition) is 2. The molecule has 0 aliphatic heterocycles. The van der Waals surface area contributed by atoms with Gasteiger partial charge in [-0.25, -0.2) is 0 Å². The van der Waals surface area contributed by atoms with Crippen LogP contribution >= 0.6 is 23.8 Å². The molecule has 0 unspecified atom stereocenters. The second-order valence-corrected chi connectivity index (χ2v) is 4.94. The van der Waals surface area contributed by atoms with Gasteiger partial charge in [0.25, 0.3) is 0 Å². The molecule has 4 nitrogen and oxygen atoms in total. The second kappa shape index (κ2) is 6.93. The van der Waals surface area contributed by atoms with E-state index in [4.69, 9.17) is 33.8 Å². The lowest BCUT2D eigenvalue weighted by Crippen LogP contribution is -2.19. The van der Waals surface area contributed by atoms with E-state index in [-0.39, 0.29) is 0 Å². The minimum atomic E-state index is 0.409. The van der Waals surface area contributed by atoms with Gasteiger partial charge in [-0.2, -0.15) is 5.26 Å². The first-order valence-electron chi connectivity index (χ1n) is 6.04. The predicted molar refractivity (Wildman–Crippen MR) is 89.0 cm³/mol. The van der Waals surface area contributed by atoms with E-state index < -0.39 is 0 Å². The highest BCUT2D eigenvalue weighted by Gasteiger charge is 2.04. The molecule has 2 aromatic carbocycles. The SMILES string of the molecule is COc1ccc(NC(=S)Nc2cccc(C#N)c2)cc1Cl. The number of nitrogens with zero attached hydrogens (tertiary/aromatic N) is 1. The lowest BCUT2D eigenvalue weighted by Gasteiger charge is -2.12. The summed E-state index contributed by atoms with van der Waals surface area (Å²) in [4.78, 5) is 0. The molecule has 2 aromatic rings. The molecule has 2 N–H and O–H groups in total. The third-order valence-corrected chi connectivity index (χ3v) is 3.16. The zero-order chi connectivity index (χ0) is 15.2. The van der Waals surface area contributed by atoms with E-state index in [1.807, 2.05) is 12.1 Å². The van der Waals surface area contributed by atoms with Crippen LogP contribution in [-0.4, -0.2) is 12.2 Å². The minimum absolute atomic E-state index is 0.409. The lowest BCUT2D eigenvalue weighted by molar-refractivity contribution is 0.415. The van der Waals surface area contributed by atoms with Crippen molar-refractivity contribution in [1.82, 2.24) is 0 Å². The first-order chi connectivity index (χ1) is 10.1. The van der Waals surface area contributed by atoms with Crippen molar-refractivity contribution in [2.75, 3.05) is 17.7 Å². The molecule has 0 saturated heterocycles. The maximum Gasteiger partial charge on any atom is 0.175 e. The van der Waals surface area contributed by atoms with E-state index in [0.29, 0.717) is 21.4 Å². The fourth-order valence-electron chi connectivity index (χ4n) is 1.70. The molecular formula is C15H12ClN3OS. The van der Waals surface area contributed by atoms with E-state index in [1.54, 1.807) is 37.4 Å². The summed E-state index contributed by atoms with van der Waals surface area (Å²) < 4.78 is 5.09. The zero-order valence-corrected chi connectivity index (χ0v) is 12.8. The summed E-state index contributed by atoms with van der Waals surface area (Å²) in [6.07, 6.45) is 0. The monoisotopic (exact) mass is 317 g/mol. The van der Waals surface area contributed by atoms with Crippen molar-refractivity contribution < 1.29 is 4.74 Å². The Kier molecular flexibility index (Phi) is 4.99. The number of thiocarbonyl (C=S) groups is 1. The van der Waals surface area contributed by atoms with Gasteiger partial charge < -0.3 is 15.4 Å². The fraction of sp³-hybridized carbons (Fsp3) is 0.0667. The van der Waals surface area contributed by atoms with E-state index >= 15 is 0 Å². The average molecular weight is 318 g/mol. The molecule has 0 saturated carbocycles. The van der Waals surface area contributed by atoms with Crippen molar-refractivity contribution in [3.8, 4) is 11.8 Å². The molecule has 21 heavy (non-hydrogen) atoms. The van der Waals surface area contributed by atoms with Gasteiger partial charge in [-0.3, -0.25) is 0 Å². The molecule has 0 aliphatic carbocycles. The van der Waals surface area contributed by atoms with Crippen molar-refractivity contribution in [2.24, 2.45) is 0 Å². The number of ether oxygens (including phenoxy) is 1. The van der Waals surface area contributed by atoms with Crippen LogP contribution in [0.5, 0.6) is 5.75 Å². The Bertz CT molecular complexity index is 712. The van der Waals surface area contributed by atoms with Gasteiger partial charge in [0.1, 0.15) is 5.75 Å². The van der Waals surface area contributed by atoms with Crippen molar-refractivity contribution in [3.05, 3.63) is 53.1 Å². The van der Waals surface area contributed by atoms with Crippen molar-refractivity contribution >= 4 is 40.3 Å². The molecule has 0 radical (unpaired) electrons. The van der Waals surface area contributed by atoms with Gasteiger partial charge in [-0.05, 0) is 48.6 Å². The molecule has 0 bridgehead atoms. The Morgan fingerprint density at radius 3 is 2.52 bits per heavy atom. The largest absolute Gasteiger partial charge is 0.495 e. The summed E-state index contributed by atoms with van der Waals surface area (Å²) in [6, 6.07) is 14.4. The third-order valence-electron chi connectivity index (χ3n) is 2.66. The summed E-state index contributed by atoms with van der Waals surface area (Å²) in [6.45, 7) is 0. The van der Waals surface area contributed by atoms with Crippen LogP contribution < -0.4 is 15.4 Å². The summed E-state index contributed by atoms with van der Waals surface area (Å²) >= 11 is 11.3. The van der Waals surface area contributed by atoms with Crippen molar-refractivity contribution in [2.45, 2.75) is 0 Å². The normalized spacial score (nSPS) is 9.57. The minimum Gasteiger partial charge on any atom is -0.495 e. The van der Waals surface area contributed by atoms with Crippen LogP contribution in [0.2, 0.25) is 5.02 Å². The standard InChI is InChI=1S/C15H12ClN3OS/c1-20-14-6-5-12(8-13(14)16)19-15(21)18-11-4-2-3-10(7-11)9-17/h2-8H,1H3,(H2,18,19,21). The van der Waals surface area contributed by atoms with Gasteiger partial charge in [0.15, 0.2) is 5.11 Å². The molecule has 106 valence electrons. The summed E-state index contributed by atoms with van der Waals surface area (Å²) in [5.74, 6) is 0.600. The third kappa shape index (κ3) is 4.09. The molecule has 0 amide bonds. The lowest BCUT2D eigenvalue weighted by atomic mass is 10.2. The van der Waals surface area contributed by atoms with Crippen LogP contribution in [0.4, 0.5) is 11.4 Å². The van der Waals surface area contributed by atoms with Crippen LogP contribution in [0.15, 0.2) is 42.5 Å². The van der Waals surface area contributed by atoms with Gasteiger partial charge in [0.2, 0.25) is 0 Å². The quantitative estimate of drug-likeness (QED) is 0.837. The Hall–Kier alpha value is -2.29. The molecule has 0 aromatic heterocycles. The maximum absolute atomic E-state index is 8.86. The predicted octanol–water partition coefficient (Wildman–Crippen LogP) is 4.03. The summed E-state index contributed by atoms with van der Waals surface area (Å²) in [5, 5.41) is 15.8. The van der Waals surface area contributed by atoms with Gasteiger partial charge in [-0.1, -0.05) is 17.7 Å². The topological polar surface area (TPSA) is 57.1 Å². The van der Waals surface area contributed by atoms with Crippen molar-refractivity contribution in [3.63, 3.8) is 0 Å². The van der Waals surface area contributed by atoms with E-state index in [2.05, 4.69) is 16.7 Å². The highest BCUT2D eigenvalue weighted by Crippen LogP contribution is 2.27. The highest BCUT2D eigenvalue weighted by atomic mass is 35.5. The first-order valence-corrected chi connectivity index (χ1v) is 6.82. The number of hydrogen-bond acceptors (Lipinski definition) is 3. The summed E-state index contributed by atoms with van der Waals surface area (Å²) in [7, 11) is 1.56. The Morgan fingerprint density at radius 1 is 1.19 bits per heavy atom. The molecule has 0 atom stereocenters. The molecule has 0 fully saturated rings.